The molecule has 0 amide bonds. The van der Waals surface area contributed by atoms with Gasteiger partial charge < -0.3 is 18.9 Å². The van der Waals surface area contributed by atoms with Crippen LogP contribution in [0.25, 0.3) is 6.08 Å². The van der Waals surface area contributed by atoms with E-state index in [2.05, 4.69) is 0 Å². The maximum atomic E-state index is 12.0. The number of methoxy groups -OCH3 is 1. The Morgan fingerprint density at radius 1 is 1.17 bits per heavy atom. The smallest absolute Gasteiger partial charge is 0.348 e. The van der Waals surface area contributed by atoms with Gasteiger partial charge in [0.2, 0.25) is 0 Å². The molecule has 128 valence electrons. The zero-order valence-corrected chi connectivity index (χ0v) is 14.0. The van der Waals surface area contributed by atoms with Crippen LogP contribution >= 0.6 is 0 Å². The van der Waals surface area contributed by atoms with Gasteiger partial charge in [0.05, 0.1) is 13.7 Å². The summed E-state index contributed by atoms with van der Waals surface area (Å²) in [6, 6.07) is 5.20. The molecule has 2 aliphatic rings. The van der Waals surface area contributed by atoms with E-state index in [4.69, 9.17) is 18.9 Å². The van der Waals surface area contributed by atoms with Crippen molar-refractivity contribution >= 4 is 18.0 Å². The van der Waals surface area contributed by atoms with E-state index in [1.165, 1.54) is 32.8 Å². The van der Waals surface area contributed by atoms with Gasteiger partial charge in [-0.05, 0) is 42.5 Å². The van der Waals surface area contributed by atoms with Gasteiger partial charge in [-0.25, -0.2) is 9.59 Å². The number of ether oxygens (including phenoxy) is 4. The van der Waals surface area contributed by atoms with Gasteiger partial charge in [-0.15, -0.1) is 0 Å². The van der Waals surface area contributed by atoms with Crippen LogP contribution in [-0.4, -0.2) is 31.4 Å². The number of hydrogen-bond donors (Lipinski definition) is 0. The quantitative estimate of drug-likeness (QED) is 0.469. The molecule has 1 saturated heterocycles. The number of carbonyl (C=O) groups is 2. The largest absolute Gasteiger partial charge is 0.493 e. The number of carbonyl (C=O) groups excluding carboxylic acids is 2. The van der Waals surface area contributed by atoms with Crippen molar-refractivity contribution in [2.45, 2.75) is 32.5 Å². The van der Waals surface area contributed by atoms with E-state index in [9.17, 15) is 9.59 Å². The van der Waals surface area contributed by atoms with Crippen LogP contribution < -0.4 is 9.47 Å². The van der Waals surface area contributed by atoms with Crippen LogP contribution in [0.4, 0.5) is 0 Å². The standard InChI is InChI=1S/C18H20O6/c1-18(2)23-16(19)13(17(20)24-18)8-12-6-7-14(21-3)15(9-12)22-10-11-4-5-11/h6-9,11H,4-5,10H2,1-3H3. The summed E-state index contributed by atoms with van der Waals surface area (Å²) >= 11 is 0. The molecule has 0 N–H and O–H groups in total. The lowest BCUT2D eigenvalue weighted by Gasteiger charge is -2.29. The fraction of sp³-hybridized carbons (Fsp3) is 0.444. The second-order valence-electron chi connectivity index (χ2n) is 6.40. The van der Waals surface area contributed by atoms with Crippen molar-refractivity contribution in [1.29, 1.82) is 0 Å². The monoisotopic (exact) mass is 332 g/mol. The number of esters is 2. The van der Waals surface area contributed by atoms with E-state index in [0.29, 0.717) is 29.6 Å². The van der Waals surface area contributed by atoms with Crippen LogP contribution in [0.5, 0.6) is 11.5 Å². The van der Waals surface area contributed by atoms with Gasteiger partial charge in [-0.2, -0.15) is 0 Å². The van der Waals surface area contributed by atoms with Gasteiger partial charge >= 0.3 is 11.9 Å². The maximum absolute atomic E-state index is 12.0. The zero-order chi connectivity index (χ0) is 17.3. The van der Waals surface area contributed by atoms with Crippen LogP contribution in [0.1, 0.15) is 32.3 Å². The predicted molar refractivity (Wildman–Crippen MR) is 85.5 cm³/mol. The Labute approximate surface area is 140 Å². The third-order valence-corrected chi connectivity index (χ3v) is 3.79. The Balaban J connectivity index is 1.84. The first-order valence-electron chi connectivity index (χ1n) is 7.87. The minimum absolute atomic E-state index is 0.146. The highest BCUT2D eigenvalue weighted by atomic mass is 16.7. The number of hydrogen-bond acceptors (Lipinski definition) is 6. The summed E-state index contributed by atoms with van der Waals surface area (Å²) in [5.41, 5.74) is 0.484. The second-order valence-corrected chi connectivity index (χ2v) is 6.40. The molecule has 2 fully saturated rings. The van der Waals surface area contributed by atoms with Crippen molar-refractivity contribution < 1.29 is 28.5 Å². The molecule has 0 atom stereocenters. The Bertz CT molecular complexity index is 677. The Morgan fingerprint density at radius 2 is 1.83 bits per heavy atom. The molecule has 1 aliphatic carbocycles. The van der Waals surface area contributed by atoms with Gasteiger partial charge in [-0.3, -0.25) is 0 Å². The number of cyclic esters (lactones) is 2. The third-order valence-electron chi connectivity index (χ3n) is 3.79. The van der Waals surface area contributed by atoms with E-state index in [1.807, 2.05) is 0 Å². The van der Waals surface area contributed by atoms with Crippen molar-refractivity contribution in [3.05, 3.63) is 29.3 Å². The summed E-state index contributed by atoms with van der Waals surface area (Å²) in [5.74, 6) is -0.865. The van der Waals surface area contributed by atoms with E-state index < -0.39 is 17.7 Å². The Morgan fingerprint density at radius 3 is 2.42 bits per heavy atom. The van der Waals surface area contributed by atoms with Crippen LogP contribution in [0, 0.1) is 5.92 Å². The van der Waals surface area contributed by atoms with Crippen LogP contribution in [0.3, 0.4) is 0 Å². The lowest BCUT2D eigenvalue weighted by Crippen LogP contribution is -2.41. The summed E-state index contributed by atoms with van der Waals surface area (Å²) in [6.45, 7) is 3.65. The molecule has 1 saturated carbocycles. The van der Waals surface area contributed by atoms with Crippen LogP contribution in [0.15, 0.2) is 23.8 Å². The number of benzene rings is 1. The molecule has 3 rings (SSSR count). The SMILES string of the molecule is COc1ccc(C=C2C(=O)OC(C)(C)OC2=O)cc1OCC1CC1. The first-order chi connectivity index (χ1) is 11.4. The molecule has 0 unspecified atom stereocenters. The molecule has 6 nitrogen and oxygen atoms in total. The lowest BCUT2D eigenvalue weighted by molar-refractivity contribution is -0.222. The summed E-state index contributed by atoms with van der Waals surface area (Å²) < 4.78 is 21.2. The summed E-state index contributed by atoms with van der Waals surface area (Å²) in [7, 11) is 1.56. The predicted octanol–water partition coefficient (Wildman–Crippen LogP) is 2.70. The molecule has 1 aliphatic heterocycles. The van der Waals surface area contributed by atoms with Crippen molar-refractivity contribution in [3.63, 3.8) is 0 Å². The zero-order valence-electron chi connectivity index (χ0n) is 14.0. The second kappa shape index (κ2) is 6.19. The fourth-order valence-corrected chi connectivity index (χ4v) is 2.33. The van der Waals surface area contributed by atoms with E-state index >= 15 is 0 Å². The van der Waals surface area contributed by atoms with Crippen LogP contribution in [-0.2, 0) is 19.1 Å². The van der Waals surface area contributed by atoms with Crippen molar-refractivity contribution in [2.24, 2.45) is 5.92 Å². The highest BCUT2D eigenvalue weighted by Crippen LogP contribution is 2.34. The van der Waals surface area contributed by atoms with Crippen molar-refractivity contribution in [3.8, 4) is 11.5 Å². The molecule has 0 radical (unpaired) electrons. The molecule has 0 bridgehead atoms. The summed E-state index contributed by atoms with van der Waals surface area (Å²) in [6.07, 6.45) is 3.79. The molecule has 24 heavy (non-hydrogen) atoms. The first-order valence-corrected chi connectivity index (χ1v) is 7.87. The topological polar surface area (TPSA) is 71.1 Å². The Hall–Kier alpha value is -2.50. The summed E-state index contributed by atoms with van der Waals surface area (Å²) in [4.78, 5) is 24.0. The average molecular weight is 332 g/mol. The molecular formula is C18H20O6. The van der Waals surface area contributed by atoms with Crippen molar-refractivity contribution in [1.82, 2.24) is 0 Å². The third kappa shape index (κ3) is 3.69. The average Bonchev–Trinajstić information content (AvgIpc) is 3.32. The summed E-state index contributed by atoms with van der Waals surface area (Å²) in [5, 5.41) is 0. The molecular weight excluding hydrogens is 312 g/mol. The lowest BCUT2D eigenvalue weighted by atomic mass is 10.1. The van der Waals surface area contributed by atoms with Gasteiger partial charge in [0.25, 0.3) is 5.79 Å². The highest BCUT2D eigenvalue weighted by Gasteiger charge is 2.38. The minimum atomic E-state index is -1.25. The van der Waals surface area contributed by atoms with Gasteiger partial charge in [0, 0.05) is 13.8 Å². The molecule has 1 heterocycles. The normalized spacial score (nSPS) is 19.4. The van der Waals surface area contributed by atoms with E-state index in [0.717, 1.165) is 0 Å². The van der Waals surface area contributed by atoms with Gasteiger partial charge in [0.15, 0.2) is 11.5 Å². The Kier molecular flexibility index (Phi) is 4.22. The van der Waals surface area contributed by atoms with Gasteiger partial charge in [-0.1, -0.05) is 6.07 Å². The molecule has 0 aromatic heterocycles. The van der Waals surface area contributed by atoms with Gasteiger partial charge in [0.1, 0.15) is 5.57 Å². The van der Waals surface area contributed by atoms with E-state index in [-0.39, 0.29) is 5.57 Å². The molecule has 1 aromatic rings. The highest BCUT2D eigenvalue weighted by molar-refractivity contribution is 6.18. The fourth-order valence-electron chi connectivity index (χ4n) is 2.33. The molecule has 1 aromatic carbocycles. The van der Waals surface area contributed by atoms with Crippen LogP contribution in [0.2, 0.25) is 0 Å². The number of rotatable bonds is 5. The molecule has 6 heteroatoms. The molecule has 0 spiro atoms. The van der Waals surface area contributed by atoms with Crippen molar-refractivity contribution in [2.75, 3.05) is 13.7 Å². The van der Waals surface area contributed by atoms with E-state index in [1.54, 1.807) is 25.3 Å². The minimum Gasteiger partial charge on any atom is -0.493 e. The first kappa shape index (κ1) is 16.4. The maximum Gasteiger partial charge on any atom is 0.348 e.